The van der Waals surface area contributed by atoms with Crippen LogP contribution in [0.4, 0.5) is 5.69 Å². The Balaban J connectivity index is 2.02. The molecule has 1 aromatic carbocycles. The van der Waals surface area contributed by atoms with Gasteiger partial charge >= 0.3 is 5.97 Å². The molecule has 1 heterocycles. The summed E-state index contributed by atoms with van der Waals surface area (Å²) in [5.41, 5.74) is 0.338. The molecule has 114 valence electrons. The number of hydrogen-bond acceptors (Lipinski definition) is 4. The summed E-state index contributed by atoms with van der Waals surface area (Å²) in [5, 5.41) is 21.1. The molecule has 3 N–H and O–H groups in total. The van der Waals surface area contributed by atoms with Crippen LogP contribution in [0.15, 0.2) is 18.2 Å². The number of carbonyl (C=O) groups is 2. The Morgan fingerprint density at radius 2 is 2.19 bits per heavy atom. The molecule has 21 heavy (non-hydrogen) atoms. The van der Waals surface area contributed by atoms with Crippen molar-refractivity contribution in [1.29, 1.82) is 0 Å². The fourth-order valence-corrected chi connectivity index (χ4v) is 2.60. The second kappa shape index (κ2) is 6.89. The zero-order chi connectivity index (χ0) is 15.4. The van der Waals surface area contributed by atoms with Gasteiger partial charge < -0.3 is 15.5 Å². The lowest BCUT2D eigenvalue weighted by molar-refractivity contribution is -0.117. The van der Waals surface area contributed by atoms with Crippen LogP contribution < -0.4 is 5.32 Å². The summed E-state index contributed by atoms with van der Waals surface area (Å²) in [4.78, 5) is 24.8. The maximum absolute atomic E-state index is 12.0. The lowest BCUT2D eigenvalue weighted by Gasteiger charge is -2.22. The number of rotatable bonds is 5. The highest BCUT2D eigenvalue weighted by Crippen LogP contribution is 2.23. The fraction of sp³-hybridized carbons (Fsp3) is 0.429. The number of carboxylic acid groups (broad SMARTS) is 1. The van der Waals surface area contributed by atoms with Gasteiger partial charge in [0.15, 0.2) is 0 Å². The molecule has 2 rings (SSSR count). The topological polar surface area (TPSA) is 89.9 Å². The van der Waals surface area contributed by atoms with Crippen LogP contribution in [0.3, 0.4) is 0 Å². The number of hydrogen-bond donors (Lipinski definition) is 3. The van der Waals surface area contributed by atoms with Crippen molar-refractivity contribution in [3.63, 3.8) is 0 Å². The van der Waals surface area contributed by atoms with E-state index in [9.17, 15) is 14.7 Å². The number of carboxylic acids is 1. The minimum absolute atomic E-state index is 0.0107. The predicted molar refractivity (Wildman–Crippen MR) is 78.7 cm³/mol. The van der Waals surface area contributed by atoms with Crippen molar-refractivity contribution in [3.8, 4) is 0 Å². The highest BCUT2D eigenvalue weighted by molar-refractivity contribution is 6.33. The normalized spacial score (nSPS) is 18.7. The number of benzene rings is 1. The maximum Gasteiger partial charge on any atom is 0.335 e. The van der Waals surface area contributed by atoms with Crippen molar-refractivity contribution in [2.24, 2.45) is 0 Å². The minimum Gasteiger partial charge on any atom is -0.478 e. The molecular weight excluding hydrogens is 296 g/mol. The Morgan fingerprint density at radius 3 is 2.86 bits per heavy atom. The van der Waals surface area contributed by atoms with Crippen LogP contribution in [0, 0.1) is 0 Å². The van der Waals surface area contributed by atoms with E-state index in [0.29, 0.717) is 0 Å². The van der Waals surface area contributed by atoms with Crippen molar-refractivity contribution >= 4 is 29.2 Å². The van der Waals surface area contributed by atoms with E-state index in [0.717, 1.165) is 19.4 Å². The number of carbonyl (C=O) groups excluding carboxylic acids is 1. The molecule has 0 saturated carbocycles. The highest BCUT2D eigenvalue weighted by atomic mass is 35.5. The monoisotopic (exact) mass is 312 g/mol. The molecule has 1 amide bonds. The number of aliphatic hydroxyl groups excluding tert-OH is 1. The third kappa shape index (κ3) is 3.93. The Bertz CT molecular complexity index is 550. The summed E-state index contributed by atoms with van der Waals surface area (Å²) in [6, 6.07) is 4.16. The number of aliphatic hydroxyl groups is 1. The molecule has 0 radical (unpaired) electrons. The van der Waals surface area contributed by atoms with E-state index >= 15 is 0 Å². The molecule has 1 aliphatic rings. The molecule has 0 spiro atoms. The quantitative estimate of drug-likeness (QED) is 0.765. The number of anilines is 1. The van der Waals surface area contributed by atoms with Gasteiger partial charge in [0, 0.05) is 6.04 Å². The lowest BCUT2D eigenvalue weighted by Crippen LogP contribution is -2.38. The van der Waals surface area contributed by atoms with Gasteiger partial charge in [-0.25, -0.2) is 4.79 Å². The number of amides is 1. The summed E-state index contributed by atoms with van der Waals surface area (Å²) in [6.07, 6.45) is 1.83. The van der Waals surface area contributed by atoms with Crippen LogP contribution >= 0.6 is 11.6 Å². The van der Waals surface area contributed by atoms with Crippen LogP contribution in [0.1, 0.15) is 23.2 Å². The van der Waals surface area contributed by atoms with E-state index in [2.05, 4.69) is 5.32 Å². The van der Waals surface area contributed by atoms with Crippen molar-refractivity contribution in [2.45, 2.75) is 18.9 Å². The van der Waals surface area contributed by atoms with Crippen LogP contribution in [-0.2, 0) is 4.79 Å². The van der Waals surface area contributed by atoms with Crippen LogP contribution in [0.5, 0.6) is 0 Å². The Kier molecular flexibility index (Phi) is 5.17. The van der Waals surface area contributed by atoms with E-state index < -0.39 is 5.97 Å². The summed E-state index contributed by atoms with van der Waals surface area (Å²) >= 11 is 5.96. The van der Waals surface area contributed by atoms with Crippen molar-refractivity contribution < 1.29 is 19.8 Å². The molecule has 1 aliphatic heterocycles. The predicted octanol–water partition coefficient (Wildman–Crippen LogP) is 1.43. The SMILES string of the molecule is O=C(CN1CCCC1CO)Nc1cc(C(=O)O)ccc1Cl. The minimum atomic E-state index is -1.08. The lowest BCUT2D eigenvalue weighted by atomic mass is 10.2. The van der Waals surface area contributed by atoms with Gasteiger partial charge in [-0.2, -0.15) is 0 Å². The van der Waals surface area contributed by atoms with Crippen LogP contribution in [0.2, 0.25) is 5.02 Å². The molecule has 0 aliphatic carbocycles. The number of halogens is 1. The van der Waals surface area contributed by atoms with Gasteiger partial charge in [0.1, 0.15) is 0 Å². The first-order chi connectivity index (χ1) is 10.0. The average Bonchev–Trinajstić information content (AvgIpc) is 2.88. The van der Waals surface area contributed by atoms with Gasteiger partial charge in [-0.3, -0.25) is 9.69 Å². The molecule has 7 heteroatoms. The molecule has 1 atom stereocenters. The Hall–Kier alpha value is -1.63. The summed E-state index contributed by atoms with van der Waals surface area (Å²) in [6.45, 7) is 0.947. The van der Waals surface area contributed by atoms with E-state index in [1.807, 2.05) is 4.90 Å². The molecule has 1 fully saturated rings. The maximum atomic E-state index is 12.0. The van der Waals surface area contributed by atoms with Gasteiger partial charge in [0.2, 0.25) is 5.91 Å². The van der Waals surface area contributed by atoms with E-state index in [1.165, 1.54) is 18.2 Å². The first-order valence-electron chi connectivity index (χ1n) is 6.69. The summed E-state index contributed by atoms with van der Waals surface area (Å²) < 4.78 is 0. The summed E-state index contributed by atoms with van der Waals surface area (Å²) in [5.74, 6) is -1.36. The molecule has 0 bridgehead atoms. The van der Waals surface area contributed by atoms with Gasteiger partial charge in [0.05, 0.1) is 29.4 Å². The van der Waals surface area contributed by atoms with Crippen LogP contribution in [-0.4, -0.2) is 52.7 Å². The largest absolute Gasteiger partial charge is 0.478 e. The fourth-order valence-electron chi connectivity index (χ4n) is 2.44. The van der Waals surface area contributed by atoms with Gasteiger partial charge in [-0.15, -0.1) is 0 Å². The molecule has 1 unspecified atom stereocenters. The first kappa shape index (κ1) is 15.8. The zero-order valence-electron chi connectivity index (χ0n) is 11.4. The number of likely N-dealkylation sites (tertiary alicyclic amines) is 1. The number of nitrogens with zero attached hydrogens (tertiary/aromatic N) is 1. The van der Waals surface area contributed by atoms with Gasteiger partial charge in [-0.05, 0) is 37.6 Å². The van der Waals surface area contributed by atoms with E-state index in [4.69, 9.17) is 16.7 Å². The summed E-state index contributed by atoms with van der Waals surface area (Å²) in [7, 11) is 0. The zero-order valence-corrected chi connectivity index (χ0v) is 12.1. The van der Waals surface area contributed by atoms with Crippen LogP contribution in [0.25, 0.3) is 0 Å². The standard InChI is InChI=1S/C14H17ClN2O4/c15-11-4-3-9(14(20)21)6-12(11)16-13(19)7-17-5-1-2-10(17)8-18/h3-4,6,10,18H,1-2,5,7-8H2,(H,16,19)(H,20,21). The molecule has 0 aromatic heterocycles. The second-order valence-corrected chi connectivity index (χ2v) is 5.40. The van der Waals surface area contributed by atoms with Gasteiger partial charge in [-0.1, -0.05) is 11.6 Å². The number of nitrogens with one attached hydrogen (secondary N) is 1. The smallest absolute Gasteiger partial charge is 0.335 e. The third-order valence-electron chi connectivity index (χ3n) is 3.54. The third-order valence-corrected chi connectivity index (χ3v) is 3.87. The molecule has 6 nitrogen and oxygen atoms in total. The van der Waals surface area contributed by atoms with Crippen molar-refractivity contribution in [3.05, 3.63) is 28.8 Å². The second-order valence-electron chi connectivity index (χ2n) is 5.00. The Labute approximate surface area is 127 Å². The molecular formula is C14H17ClN2O4. The van der Waals surface area contributed by atoms with E-state index in [1.54, 1.807) is 0 Å². The molecule has 1 saturated heterocycles. The average molecular weight is 313 g/mol. The Morgan fingerprint density at radius 1 is 1.43 bits per heavy atom. The van der Waals surface area contributed by atoms with Crippen molar-refractivity contribution in [2.75, 3.05) is 25.0 Å². The van der Waals surface area contributed by atoms with Crippen molar-refractivity contribution in [1.82, 2.24) is 4.90 Å². The van der Waals surface area contributed by atoms with E-state index in [-0.39, 0.29) is 41.4 Å². The van der Waals surface area contributed by atoms with Gasteiger partial charge in [0.25, 0.3) is 0 Å². The highest BCUT2D eigenvalue weighted by Gasteiger charge is 2.25. The first-order valence-corrected chi connectivity index (χ1v) is 7.06. The molecule has 1 aromatic rings. The number of aromatic carboxylic acids is 1.